The summed E-state index contributed by atoms with van der Waals surface area (Å²) in [7, 11) is -3.92. The predicted octanol–water partition coefficient (Wildman–Crippen LogP) is 2.89. The van der Waals surface area contributed by atoms with E-state index in [0.717, 1.165) is 9.87 Å². The molecule has 2 aliphatic rings. The SMILES string of the molecule is Cc1ccc(S(=O)(=O)N2CCCCC2C(=O)OCN2C(=O)C(=C(C#N)C#N)c3ccccc32)cc1. The zero-order valence-electron chi connectivity index (χ0n) is 19.0. The van der Waals surface area contributed by atoms with Gasteiger partial charge in [-0.1, -0.05) is 35.9 Å². The first-order valence-electron chi connectivity index (χ1n) is 11.0. The summed E-state index contributed by atoms with van der Waals surface area (Å²) in [6.07, 6.45) is 1.57. The normalized spacial score (nSPS) is 17.9. The lowest BCUT2D eigenvalue weighted by Gasteiger charge is -2.33. The van der Waals surface area contributed by atoms with Crippen molar-refractivity contribution in [3.05, 3.63) is 65.2 Å². The molecule has 2 aromatic rings. The van der Waals surface area contributed by atoms with Crippen LogP contribution in [0.4, 0.5) is 5.69 Å². The van der Waals surface area contributed by atoms with Gasteiger partial charge in [0, 0.05) is 12.1 Å². The van der Waals surface area contributed by atoms with Crippen LogP contribution in [0, 0.1) is 29.6 Å². The molecular formula is C25H22N4O5S. The third-order valence-electron chi connectivity index (χ3n) is 6.09. The molecule has 1 unspecified atom stereocenters. The van der Waals surface area contributed by atoms with Crippen molar-refractivity contribution in [2.75, 3.05) is 18.2 Å². The molecule has 2 aliphatic heterocycles. The minimum Gasteiger partial charge on any atom is -0.443 e. The molecule has 2 heterocycles. The quantitative estimate of drug-likeness (QED) is 0.358. The number of carbonyl (C=O) groups excluding carboxylic acids is 2. The predicted molar refractivity (Wildman–Crippen MR) is 126 cm³/mol. The summed E-state index contributed by atoms with van der Waals surface area (Å²) >= 11 is 0. The molecule has 0 aliphatic carbocycles. The number of rotatable bonds is 5. The Morgan fingerprint density at radius 1 is 1.09 bits per heavy atom. The monoisotopic (exact) mass is 490 g/mol. The third-order valence-corrected chi connectivity index (χ3v) is 8.01. The van der Waals surface area contributed by atoms with Crippen LogP contribution in [-0.4, -0.2) is 43.9 Å². The van der Waals surface area contributed by atoms with Crippen LogP contribution >= 0.6 is 0 Å². The first-order chi connectivity index (χ1) is 16.8. The molecule has 35 heavy (non-hydrogen) atoms. The number of hydrogen-bond acceptors (Lipinski definition) is 7. The number of carbonyl (C=O) groups is 2. The van der Waals surface area contributed by atoms with E-state index in [4.69, 9.17) is 4.74 Å². The molecule has 4 rings (SSSR count). The Hall–Kier alpha value is -3.99. The number of sulfonamides is 1. The van der Waals surface area contributed by atoms with Crippen molar-refractivity contribution in [1.82, 2.24) is 4.31 Å². The van der Waals surface area contributed by atoms with E-state index in [9.17, 15) is 28.5 Å². The fraction of sp³-hybridized carbons (Fsp3) is 0.280. The number of nitriles is 2. The first kappa shape index (κ1) is 24.1. The summed E-state index contributed by atoms with van der Waals surface area (Å²) in [5, 5.41) is 18.5. The van der Waals surface area contributed by atoms with Crippen LogP contribution in [0.25, 0.3) is 5.57 Å². The zero-order chi connectivity index (χ0) is 25.2. The van der Waals surface area contributed by atoms with Gasteiger partial charge in [0.25, 0.3) is 5.91 Å². The lowest BCUT2D eigenvalue weighted by atomic mass is 10.0. The number of piperidine rings is 1. The van der Waals surface area contributed by atoms with E-state index in [1.54, 1.807) is 48.5 Å². The highest BCUT2D eigenvalue weighted by molar-refractivity contribution is 7.89. The Kier molecular flexibility index (Phi) is 6.70. The van der Waals surface area contributed by atoms with Gasteiger partial charge in [-0.3, -0.25) is 14.5 Å². The minimum atomic E-state index is -3.92. The molecular weight excluding hydrogens is 468 g/mol. The van der Waals surface area contributed by atoms with E-state index in [1.165, 1.54) is 17.0 Å². The van der Waals surface area contributed by atoms with Gasteiger partial charge in [-0.2, -0.15) is 14.8 Å². The van der Waals surface area contributed by atoms with Gasteiger partial charge in [-0.15, -0.1) is 0 Å². The topological polar surface area (TPSA) is 132 Å². The average Bonchev–Trinajstić information content (AvgIpc) is 3.15. The van der Waals surface area contributed by atoms with E-state index >= 15 is 0 Å². The Morgan fingerprint density at radius 3 is 2.46 bits per heavy atom. The van der Waals surface area contributed by atoms with Gasteiger partial charge in [0.1, 0.15) is 23.8 Å². The molecule has 0 bridgehead atoms. The Bertz CT molecular complexity index is 1380. The number of anilines is 1. The number of amides is 1. The van der Waals surface area contributed by atoms with Crippen LogP contribution in [0.3, 0.4) is 0 Å². The number of ether oxygens (including phenoxy) is 1. The summed E-state index contributed by atoms with van der Waals surface area (Å²) < 4.78 is 33.1. The van der Waals surface area contributed by atoms with Crippen LogP contribution in [0.15, 0.2) is 59.0 Å². The van der Waals surface area contributed by atoms with Gasteiger partial charge < -0.3 is 4.74 Å². The second kappa shape index (κ2) is 9.71. The summed E-state index contributed by atoms with van der Waals surface area (Å²) in [4.78, 5) is 27.3. The average molecular weight is 491 g/mol. The number of benzene rings is 2. The van der Waals surface area contributed by atoms with E-state index in [-0.39, 0.29) is 22.6 Å². The van der Waals surface area contributed by atoms with Crippen molar-refractivity contribution in [2.24, 2.45) is 0 Å². The lowest BCUT2D eigenvalue weighted by molar-refractivity contribution is -0.149. The van der Waals surface area contributed by atoms with Crippen LogP contribution < -0.4 is 4.90 Å². The van der Waals surface area contributed by atoms with Crippen molar-refractivity contribution in [3.8, 4) is 12.1 Å². The summed E-state index contributed by atoms with van der Waals surface area (Å²) in [6.45, 7) is 1.56. The fourth-order valence-electron chi connectivity index (χ4n) is 4.28. The maximum atomic E-state index is 13.3. The van der Waals surface area contributed by atoms with E-state index < -0.39 is 34.7 Å². The molecule has 0 N–H and O–H groups in total. The highest BCUT2D eigenvalue weighted by atomic mass is 32.2. The highest BCUT2D eigenvalue weighted by Crippen LogP contribution is 2.38. The standard InChI is InChI=1S/C25H22N4O5S/c1-17-9-11-19(12-10-17)35(32,33)29-13-5-4-8-22(29)25(31)34-16-28-21-7-3-2-6-20(21)23(24(28)30)18(14-26)15-27/h2-3,6-7,9-12,22H,4-5,8,13,16H2,1H3. The molecule has 0 aromatic heterocycles. The smallest absolute Gasteiger partial charge is 0.326 e. The largest absolute Gasteiger partial charge is 0.443 e. The second-order valence-electron chi connectivity index (χ2n) is 8.26. The van der Waals surface area contributed by atoms with Crippen LogP contribution in [0.5, 0.6) is 0 Å². The molecule has 0 radical (unpaired) electrons. The van der Waals surface area contributed by atoms with Crippen molar-refractivity contribution in [3.63, 3.8) is 0 Å². The molecule has 178 valence electrons. The van der Waals surface area contributed by atoms with Gasteiger partial charge in [-0.25, -0.2) is 8.42 Å². The van der Waals surface area contributed by atoms with Gasteiger partial charge >= 0.3 is 5.97 Å². The molecule has 1 amide bonds. The van der Waals surface area contributed by atoms with Gasteiger partial charge in [0.05, 0.1) is 16.2 Å². The zero-order valence-corrected chi connectivity index (χ0v) is 19.8. The lowest BCUT2D eigenvalue weighted by Crippen LogP contribution is -2.49. The van der Waals surface area contributed by atoms with Crippen LogP contribution in [0.1, 0.15) is 30.4 Å². The minimum absolute atomic E-state index is 0.0529. The molecule has 2 aromatic carbocycles. The molecule has 10 heteroatoms. The van der Waals surface area contributed by atoms with E-state index in [1.807, 2.05) is 6.92 Å². The molecule has 1 fully saturated rings. The molecule has 0 saturated carbocycles. The number of fused-ring (bicyclic) bond motifs is 1. The maximum absolute atomic E-state index is 13.3. The molecule has 0 spiro atoms. The van der Waals surface area contributed by atoms with Crippen molar-refractivity contribution in [1.29, 1.82) is 10.5 Å². The highest BCUT2D eigenvalue weighted by Gasteiger charge is 2.40. The molecule has 1 atom stereocenters. The first-order valence-corrected chi connectivity index (χ1v) is 12.4. The van der Waals surface area contributed by atoms with Gasteiger partial charge in [0.2, 0.25) is 10.0 Å². The number of hydrogen-bond donors (Lipinski definition) is 0. The van der Waals surface area contributed by atoms with Crippen molar-refractivity contribution >= 4 is 33.2 Å². The Balaban J connectivity index is 1.56. The van der Waals surface area contributed by atoms with Crippen LogP contribution in [-0.2, 0) is 24.3 Å². The van der Waals surface area contributed by atoms with E-state index in [2.05, 4.69) is 0 Å². The second-order valence-corrected chi connectivity index (χ2v) is 10.1. The fourth-order valence-corrected chi connectivity index (χ4v) is 5.93. The number of para-hydroxylation sites is 1. The summed E-state index contributed by atoms with van der Waals surface area (Å²) in [5.74, 6) is -1.39. The molecule has 9 nitrogen and oxygen atoms in total. The summed E-state index contributed by atoms with van der Waals surface area (Å²) in [6, 6.07) is 15.4. The summed E-state index contributed by atoms with van der Waals surface area (Å²) in [5.41, 5.74) is 1.32. The Labute approximate surface area is 203 Å². The number of esters is 1. The van der Waals surface area contributed by atoms with Gasteiger partial charge in [-0.05, 0) is 44.4 Å². The maximum Gasteiger partial charge on any atom is 0.326 e. The van der Waals surface area contributed by atoms with Gasteiger partial charge in [0.15, 0.2) is 6.73 Å². The van der Waals surface area contributed by atoms with Crippen LogP contribution in [0.2, 0.25) is 0 Å². The van der Waals surface area contributed by atoms with E-state index in [0.29, 0.717) is 30.5 Å². The van der Waals surface area contributed by atoms with Crippen molar-refractivity contribution < 1.29 is 22.7 Å². The number of nitrogens with zero attached hydrogens (tertiary/aromatic N) is 4. The van der Waals surface area contributed by atoms with Crippen molar-refractivity contribution in [2.45, 2.75) is 37.1 Å². The Morgan fingerprint density at radius 2 is 1.77 bits per heavy atom. The number of allylic oxidation sites excluding steroid dienone is 1. The third kappa shape index (κ3) is 4.42. The molecule has 1 saturated heterocycles. The number of aryl methyl sites for hydroxylation is 1.